The molecule has 38 heavy (non-hydrogen) atoms. The van der Waals surface area contributed by atoms with Gasteiger partial charge in [-0.1, -0.05) is 13.0 Å². The summed E-state index contributed by atoms with van der Waals surface area (Å²) >= 11 is 0. The number of likely N-dealkylation sites (tertiary alicyclic amines) is 1. The summed E-state index contributed by atoms with van der Waals surface area (Å²) in [6, 6.07) is 7.03. The fourth-order valence-corrected chi connectivity index (χ4v) is 5.24. The first-order valence-electron chi connectivity index (χ1n) is 12.6. The van der Waals surface area contributed by atoms with Crippen molar-refractivity contribution in [3.63, 3.8) is 0 Å². The van der Waals surface area contributed by atoms with E-state index in [1.807, 2.05) is 13.0 Å². The molecular weight excluding hydrogens is 487 g/mol. The maximum atomic E-state index is 13.7. The standard InChI is InChI=1S/C28H33FN6O3/c1-6-19(22-8-7-20(29)9-16(22)2)13-25(36)35-26(28(38)34(5)21-14-31-33(4)15-21)23(27(35)37)11-18-10-17(3)32-24(30)12-18/h7-10,12,14-15,19,23,26H,6,11,13H2,1-5H3,(H2,30,32)/t19-,23+,26-/m0/s1. The number of aromatic nitrogens is 3. The Morgan fingerprint density at radius 2 is 1.95 bits per heavy atom. The largest absolute Gasteiger partial charge is 0.384 e. The van der Waals surface area contributed by atoms with E-state index >= 15 is 0 Å². The molecule has 0 spiro atoms. The first kappa shape index (κ1) is 27.0. The van der Waals surface area contributed by atoms with Crippen molar-refractivity contribution in [2.45, 2.75) is 52.0 Å². The van der Waals surface area contributed by atoms with Gasteiger partial charge in [0.15, 0.2) is 0 Å². The van der Waals surface area contributed by atoms with Crippen LogP contribution in [0, 0.1) is 25.6 Å². The predicted molar refractivity (Wildman–Crippen MR) is 142 cm³/mol. The van der Waals surface area contributed by atoms with Gasteiger partial charge in [-0.3, -0.25) is 24.0 Å². The van der Waals surface area contributed by atoms with E-state index in [-0.39, 0.29) is 30.5 Å². The molecule has 0 radical (unpaired) electrons. The second-order valence-corrected chi connectivity index (χ2v) is 9.98. The normalized spacial score (nSPS) is 17.7. The highest BCUT2D eigenvalue weighted by Crippen LogP contribution is 2.36. The Labute approximate surface area is 221 Å². The molecule has 1 aromatic carbocycles. The molecule has 1 aliphatic heterocycles. The van der Waals surface area contributed by atoms with Crippen LogP contribution in [0.2, 0.25) is 0 Å². The van der Waals surface area contributed by atoms with Gasteiger partial charge in [-0.15, -0.1) is 0 Å². The Bertz CT molecular complexity index is 1370. The van der Waals surface area contributed by atoms with Crippen molar-refractivity contribution < 1.29 is 18.8 Å². The minimum atomic E-state index is -0.971. The SMILES string of the molecule is CC[C@@H](CC(=O)N1C(=O)[C@H](Cc2cc(C)nc(N)c2)[C@H]1C(=O)N(C)c1cnn(C)c1)c1ccc(F)cc1C. The smallest absolute Gasteiger partial charge is 0.250 e. The Kier molecular flexibility index (Phi) is 7.61. The molecule has 200 valence electrons. The second kappa shape index (κ2) is 10.7. The average Bonchev–Trinajstić information content (AvgIpc) is 3.29. The molecule has 1 aliphatic rings. The van der Waals surface area contributed by atoms with Gasteiger partial charge in [0.1, 0.15) is 17.7 Å². The molecule has 0 aliphatic carbocycles. The number of amides is 3. The highest BCUT2D eigenvalue weighted by Gasteiger charge is 2.55. The fourth-order valence-electron chi connectivity index (χ4n) is 5.24. The molecule has 1 saturated heterocycles. The van der Waals surface area contributed by atoms with E-state index in [2.05, 4.69) is 10.1 Å². The molecule has 4 rings (SSSR count). The number of carbonyl (C=O) groups is 3. The third kappa shape index (κ3) is 5.29. The van der Waals surface area contributed by atoms with E-state index in [9.17, 15) is 18.8 Å². The number of nitrogens with zero attached hydrogens (tertiary/aromatic N) is 5. The number of carbonyl (C=O) groups excluding carboxylic acids is 3. The zero-order chi connectivity index (χ0) is 27.7. The number of β-lactam (4-membered cyclic amide) rings is 1. The third-order valence-electron chi connectivity index (χ3n) is 7.22. The van der Waals surface area contributed by atoms with Crippen molar-refractivity contribution in [1.29, 1.82) is 0 Å². The number of benzene rings is 1. The van der Waals surface area contributed by atoms with Crippen LogP contribution in [0.3, 0.4) is 0 Å². The quantitative estimate of drug-likeness (QED) is 0.456. The molecule has 1 fully saturated rings. The summed E-state index contributed by atoms with van der Waals surface area (Å²) in [4.78, 5) is 47.4. The molecule has 0 unspecified atom stereocenters. The van der Waals surface area contributed by atoms with E-state index < -0.39 is 23.8 Å². The molecule has 3 aromatic rings. The number of rotatable bonds is 8. The summed E-state index contributed by atoms with van der Waals surface area (Å²) in [7, 11) is 3.35. The predicted octanol–water partition coefficient (Wildman–Crippen LogP) is 3.30. The Hall–Kier alpha value is -4.08. The number of nitrogen functional groups attached to an aromatic ring is 1. The Morgan fingerprint density at radius 3 is 2.55 bits per heavy atom. The lowest BCUT2D eigenvalue weighted by molar-refractivity contribution is -0.170. The molecule has 0 saturated carbocycles. The van der Waals surface area contributed by atoms with Crippen LogP contribution in [0.1, 0.15) is 48.1 Å². The van der Waals surface area contributed by atoms with Crippen LogP contribution in [0.15, 0.2) is 42.7 Å². The second-order valence-electron chi connectivity index (χ2n) is 9.98. The topological polar surface area (TPSA) is 114 Å². The van der Waals surface area contributed by atoms with Crippen molar-refractivity contribution in [1.82, 2.24) is 19.7 Å². The molecule has 3 atom stereocenters. The maximum absolute atomic E-state index is 13.7. The number of hydrogen-bond acceptors (Lipinski definition) is 6. The average molecular weight is 521 g/mol. The van der Waals surface area contributed by atoms with Crippen molar-refractivity contribution in [3.8, 4) is 0 Å². The molecule has 2 aromatic heterocycles. The van der Waals surface area contributed by atoms with Gasteiger partial charge in [0, 0.05) is 32.4 Å². The molecule has 0 bridgehead atoms. The lowest BCUT2D eigenvalue weighted by atomic mass is 9.80. The van der Waals surface area contributed by atoms with E-state index in [0.29, 0.717) is 23.6 Å². The first-order chi connectivity index (χ1) is 18.0. The minimum absolute atomic E-state index is 0.0309. The van der Waals surface area contributed by atoms with Crippen LogP contribution in [0.4, 0.5) is 15.9 Å². The monoisotopic (exact) mass is 520 g/mol. The van der Waals surface area contributed by atoms with Gasteiger partial charge in [-0.05, 0) is 73.6 Å². The maximum Gasteiger partial charge on any atom is 0.250 e. The summed E-state index contributed by atoms with van der Waals surface area (Å²) in [6.07, 6.45) is 4.14. The summed E-state index contributed by atoms with van der Waals surface area (Å²) in [5.41, 5.74) is 9.53. The van der Waals surface area contributed by atoms with Crippen LogP contribution >= 0.6 is 0 Å². The van der Waals surface area contributed by atoms with Gasteiger partial charge in [-0.25, -0.2) is 9.37 Å². The summed E-state index contributed by atoms with van der Waals surface area (Å²) in [6.45, 7) is 5.55. The van der Waals surface area contributed by atoms with Crippen LogP contribution in [-0.2, 0) is 27.9 Å². The fraction of sp³-hybridized carbons (Fsp3) is 0.393. The lowest BCUT2D eigenvalue weighted by Crippen LogP contribution is -2.69. The van der Waals surface area contributed by atoms with E-state index in [4.69, 9.17) is 5.73 Å². The Balaban J connectivity index is 1.62. The van der Waals surface area contributed by atoms with Crippen molar-refractivity contribution in [2.24, 2.45) is 13.0 Å². The number of imide groups is 1. The number of aryl methyl sites for hydroxylation is 3. The number of halogens is 1. The molecule has 2 N–H and O–H groups in total. The lowest BCUT2D eigenvalue weighted by Gasteiger charge is -2.46. The summed E-state index contributed by atoms with van der Waals surface area (Å²) < 4.78 is 15.2. The van der Waals surface area contributed by atoms with Gasteiger partial charge in [0.25, 0.3) is 5.91 Å². The van der Waals surface area contributed by atoms with Crippen molar-refractivity contribution in [3.05, 3.63) is 70.9 Å². The number of pyridine rings is 1. The molecule has 3 heterocycles. The number of nitrogens with two attached hydrogens (primary N) is 1. The molecular formula is C28H33FN6O3. The van der Waals surface area contributed by atoms with Gasteiger partial charge in [0.05, 0.1) is 17.8 Å². The highest BCUT2D eigenvalue weighted by atomic mass is 19.1. The first-order valence-corrected chi connectivity index (χ1v) is 12.6. The molecule has 10 heteroatoms. The van der Waals surface area contributed by atoms with E-state index in [1.165, 1.54) is 17.0 Å². The van der Waals surface area contributed by atoms with Crippen LogP contribution in [-0.4, -0.2) is 50.5 Å². The van der Waals surface area contributed by atoms with Crippen LogP contribution in [0.5, 0.6) is 0 Å². The zero-order valence-corrected chi connectivity index (χ0v) is 22.3. The van der Waals surface area contributed by atoms with Gasteiger partial charge >= 0.3 is 0 Å². The zero-order valence-electron chi connectivity index (χ0n) is 22.3. The third-order valence-corrected chi connectivity index (χ3v) is 7.22. The molecule has 3 amide bonds. The van der Waals surface area contributed by atoms with Crippen molar-refractivity contribution >= 4 is 29.2 Å². The van der Waals surface area contributed by atoms with Crippen molar-refractivity contribution in [2.75, 3.05) is 17.7 Å². The minimum Gasteiger partial charge on any atom is -0.384 e. The summed E-state index contributed by atoms with van der Waals surface area (Å²) in [5, 5.41) is 4.12. The van der Waals surface area contributed by atoms with Gasteiger partial charge in [-0.2, -0.15) is 5.10 Å². The number of anilines is 2. The highest BCUT2D eigenvalue weighted by molar-refractivity contribution is 6.12. The Morgan fingerprint density at radius 1 is 1.21 bits per heavy atom. The van der Waals surface area contributed by atoms with Gasteiger partial charge < -0.3 is 10.6 Å². The number of hydrogen-bond donors (Lipinski definition) is 1. The van der Waals surface area contributed by atoms with Crippen LogP contribution in [0.25, 0.3) is 0 Å². The van der Waals surface area contributed by atoms with E-state index in [1.54, 1.807) is 57.2 Å². The van der Waals surface area contributed by atoms with Crippen LogP contribution < -0.4 is 10.6 Å². The van der Waals surface area contributed by atoms with Gasteiger partial charge in [0.2, 0.25) is 11.8 Å². The summed E-state index contributed by atoms with van der Waals surface area (Å²) in [5.74, 6) is -2.15. The van der Waals surface area contributed by atoms with E-state index in [0.717, 1.165) is 21.6 Å². The molecule has 9 nitrogen and oxygen atoms in total. The number of likely N-dealkylation sites (N-methyl/N-ethyl adjacent to an activating group) is 1.